The number of hydrogen-bond acceptors (Lipinski definition) is 1. The maximum absolute atomic E-state index is 11.9. The summed E-state index contributed by atoms with van der Waals surface area (Å²) >= 11 is 0. The Labute approximate surface area is 108 Å². The lowest BCUT2D eigenvalue weighted by Crippen LogP contribution is -2.37. The predicted octanol–water partition coefficient (Wildman–Crippen LogP) is 3.00. The summed E-state index contributed by atoms with van der Waals surface area (Å²) in [5.74, 6) is 1.67. The van der Waals surface area contributed by atoms with Crippen LogP contribution in [0.5, 0.6) is 0 Å². The Balaban J connectivity index is 1.55. The van der Waals surface area contributed by atoms with Crippen LogP contribution in [-0.4, -0.2) is 11.9 Å². The van der Waals surface area contributed by atoms with Gasteiger partial charge in [-0.05, 0) is 42.7 Å². The molecule has 1 aromatic rings. The number of benzene rings is 1. The Morgan fingerprint density at radius 1 is 1.17 bits per heavy atom. The molecule has 94 valence electrons. The molecule has 1 N–H and O–H groups in total. The second-order valence-electron chi connectivity index (χ2n) is 5.53. The molecule has 0 radical (unpaired) electrons. The smallest absolute Gasteiger partial charge is 0.244 e. The SMILES string of the molecule is O=C(/C=C/c1ccccc1)N[C@H]1C[C@@H]2CC[C@@H]1C2. The molecule has 0 saturated heterocycles. The number of amides is 1. The molecule has 0 unspecified atom stereocenters. The summed E-state index contributed by atoms with van der Waals surface area (Å²) in [6.45, 7) is 0. The third kappa shape index (κ3) is 2.47. The van der Waals surface area contributed by atoms with Gasteiger partial charge in [0, 0.05) is 12.1 Å². The maximum Gasteiger partial charge on any atom is 0.244 e. The molecular formula is C16H19NO. The zero-order valence-electron chi connectivity index (χ0n) is 10.5. The van der Waals surface area contributed by atoms with Gasteiger partial charge in [-0.15, -0.1) is 0 Å². The first-order valence-corrected chi connectivity index (χ1v) is 6.85. The first kappa shape index (κ1) is 11.5. The van der Waals surface area contributed by atoms with E-state index in [4.69, 9.17) is 0 Å². The van der Waals surface area contributed by atoms with Crippen LogP contribution < -0.4 is 5.32 Å². The third-order valence-electron chi connectivity index (χ3n) is 4.29. The van der Waals surface area contributed by atoms with Crippen LogP contribution in [0.2, 0.25) is 0 Å². The van der Waals surface area contributed by atoms with Crippen LogP contribution in [0, 0.1) is 11.8 Å². The molecule has 2 bridgehead atoms. The summed E-state index contributed by atoms with van der Waals surface area (Å²) in [6, 6.07) is 10.4. The minimum absolute atomic E-state index is 0.0522. The van der Waals surface area contributed by atoms with Gasteiger partial charge in [0.05, 0.1) is 0 Å². The Bertz CT molecular complexity index is 451. The molecule has 1 aromatic carbocycles. The highest BCUT2D eigenvalue weighted by Crippen LogP contribution is 2.44. The van der Waals surface area contributed by atoms with Crippen LogP contribution in [0.25, 0.3) is 6.08 Å². The number of carbonyl (C=O) groups excluding carboxylic acids is 1. The number of rotatable bonds is 3. The van der Waals surface area contributed by atoms with Crippen LogP contribution in [0.3, 0.4) is 0 Å². The van der Waals surface area contributed by atoms with Gasteiger partial charge in [0.1, 0.15) is 0 Å². The minimum atomic E-state index is 0.0522. The number of carbonyl (C=O) groups is 1. The number of hydrogen-bond donors (Lipinski definition) is 1. The normalized spacial score (nSPS) is 29.9. The molecule has 2 heteroatoms. The quantitative estimate of drug-likeness (QED) is 0.810. The topological polar surface area (TPSA) is 29.1 Å². The van der Waals surface area contributed by atoms with E-state index in [1.54, 1.807) is 6.08 Å². The van der Waals surface area contributed by atoms with Crippen molar-refractivity contribution in [3.8, 4) is 0 Å². The monoisotopic (exact) mass is 241 g/mol. The van der Waals surface area contributed by atoms with Crippen LogP contribution >= 0.6 is 0 Å². The summed E-state index contributed by atoms with van der Waals surface area (Å²) in [7, 11) is 0. The van der Waals surface area contributed by atoms with E-state index in [0.29, 0.717) is 6.04 Å². The van der Waals surface area contributed by atoms with E-state index in [9.17, 15) is 4.79 Å². The van der Waals surface area contributed by atoms with E-state index in [1.165, 1.54) is 25.7 Å². The highest BCUT2D eigenvalue weighted by Gasteiger charge is 2.39. The summed E-state index contributed by atoms with van der Waals surface area (Å²) in [4.78, 5) is 11.9. The van der Waals surface area contributed by atoms with Crippen molar-refractivity contribution in [1.29, 1.82) is 0 Å². The van der Waals surface area contributed by atoms with E-state index in [0.717, 1.165) is 17.4 Å². The Morgan fingerprint density at radius 3 is 2.67 bits per heavy atom. The molecule has 3 rings (SSSR count). The van der Waals surface area contributed by atoms with Gasteiger partial charge in [0.15, 0.2) is 0 Å². The summed E-state index contributed by atoms with van der Waals surface area (Å²) in [6.07, 6.45) is 8.72. The van der Waals surface area contributed by atoms with Gasteiger partial charge in [-0.2, -0.15) is 0 Å². The summed E-state index contributed by atoms with van der Waals surface area (Å²) < 4.78 is 0. The second kappa shape index (κ2) is 4.97. The molecule has 2 fully saturated rings. The van der Waals surface area contributed by atoms with Gasteiger partial charge >= 0.3 is 0 Å². The molecule has 0 heterocycles. The van der Waals surface area contributed by atoms with Crippen LogP contribution in [-0.2, 0) is 4.79 Å². The minimum Gasteiger partial charge on any atom is -0.350 e. The molecule has 0 aromatic heterocycles. The fraction of sp³-hybridized carbons (Fsp3) is 0.438. The lowest BCUT2D eigenvalue weighted by Gasteiger charge is -2.22. The average Bonchev–Trinajstić information content (AvgIpc) is 3.00. The molecule has 1 amide bonds. The molecule has 2 aliphatic carbocycles. The van der Waals surface area contributed by atoms with Gasteiger partial charge in [-0.25, -0.2) is 0 Å². The van der Waals surface area contributed by atoms with Crippen molar-refractivity contribution in [3.63, 3.8) is 0 Å². The van der Waals surface area contributed by atoms with Crippen molar-refractivity contribution < 1.29 is 4.79 Å². The van der Waals surface area contributed by atoms with E-state index < -0.39 is 0 Å². The lowest BCUT2D eigenvalue weighted by molar-refractivity contribution is -0.117. The van der Waals surface area contributed by atoms with Crippen molar-refractivity contribution in [3.05, 3.63) is 42.0 Å². The first-order chi connectivity index (χ1) is 8.81. The molecular weight excluding hydrogens is 222 g/mol. The van der Waals surface area contributed by atoms with Crippen molar-refractivity contribution in [2.75, 3.05) is 0 Å². The van der Waals surface area contributed by atoms with E-state index in [1.807, 2.05) is 36.4 Å². The highest BCUT2D eigenvalue weighted by molar-refractivity contribution is 5.91. The van der Waals surface area contributed by atoms with Crippen LogP contribution in [0.1, 0.15) is 31.2 Å². The molecule has 2 aliphatic rings. The molecule has 3 atom stereocenters. The van der Waals surface area contributed by atoms with Gasteiger partial charge in [0.2, 0.25) is 5.91 Å². The van der Waals surface area contributed by atoms with Crippen LogP contribution in [0.15, 0.2) is 36.4 Å². The van der Waals surface area contributed by atoms with Crippen LogP contribution in [0.4, 0.5) is 0 Å². The van der Waals surface area contributed by atoms with Crippen molar-refractivity contribution in [1.82, 2.24) is 5.32 Å². The van der Waals surface area contributed by atoms with Gasteiger partial charge in [-0.3, -0.25) is 4.79 Å². The molecule has 0 spiro atoms. The average molecular weight is 241 g/mol. The van der Waals surface area contributed by atoms with E-state index >= 15 is 0 Å². The lowest BCUT2D eigenvalue weighted by atomic mass is 9.95. The van der Waals surface area contributed by atoms with Crippen molar-refractivity contribution >= 4 is 12.0 Å². The standard InChI is InChI=1S/C16H19NO/c18-16(9-7-12-4-2-1-3-5-12)17-15-11-13-6-8-14(15)10-13/h1-5,7,9,13-15H,6,8,10-11H2,(H,17,18)/b9-7+/t13-,14-,15+/m1/s1. The largest absolute Gasteiger partial charge is 0.350 e. The van der Waals surface area contributed by atoms with Gasteiger partial charge in [0.25, 0.3) is 0 Å². The van der Waals surface area contributed by atoms with Gasteiger partial charge < -0.3 is 5.32 Å². The van der Waals surface area contributed by atoms with Gasteiger partial charge in [-0.1, -0.05) is 36.8 Å². The first-order valence-electron chi connectivity index (χ1n) is 6.85. The Kier molecular flexibility index (Phi) is 3.18. The third-order valence-corrected chi connectivity index (χ3v) is 4.29. The fourth-order valence-electron chi connectivity index (χ4n) is 3.39. The van der Waals surface area contributed by atoms with E-state index in [2.05, 4.69) is 5.32 Å². The fourth-order valence-corrected chi connectivity index (χ4v) is 3.39. The van der Waals surface area contributed by atoms with E-state index in [-0.39, 0.29) is 5.91 Å². The number of fused-ring (bicyclic) bond motifs is 2. The van der Waals surface area contributed by atoms with Crippen molar-refractivity contribution in [2.24, 2.45) is 11.8 Å². The predicted molar refractivity (Wildman–Crippen MR) is 72.9 cm³/mol. The van der Waals surface area contributed by atoms with Crippen molar-refractivity contribution in [2.45, 2.75) is 31.7 Å². The zero-order chi connectivity index (χ0) is 12.4. The Morgan fingerprint density at radius 2 is 2.00 bits per heavy atom. The second-order valence-corrected chi connectivity index (χ2v) is 5.53. The summed E-state index contributed by atoms with van der Waals surface area (Å²) in [5, 5.41) is 3.15. The Hall–Kier alpha value is -1.57. The zero-order valence-corrected chi connectivity index (χ0v) is 10.5. The summed E-state index contributed by atoms with van der Waals surface area (Å²) in [5.41, 5.74) is 1.07. The molecule has 2 nitrogen and oxygen atoms in total. The number of nitrogens with one attached hydrogen (secondary N) is 1. The highest BCUT2D eigenvalue weighted by atomic mass is 16.1. The maximum atomic E-state index is 11.9. The molecule has 0 aliphatic heterocycles. The molecule has 18 heavy (non-hydrogen) atoms. The molecule has 2 saturated carbocycles.